The fourth-order valence-corrected chi connectivity index (χ4v) is 1.58. The molecular formula is C8H4F3N3S. The van der Waals surface area contributed by atoms with Crippen molar-refractivity contribution in [2.45, 2.75) is 0 Å². The molecule has 0 spiro atoms. The molecule has 2 N–H and O–H groups in total. The zero-order chi connectivity index (χ0) is 11.0. The SMILES string of the molecule is Nc1nsnc1-c1cc(F)c(F)cc1F. The minimum absolute atomic E-state index is 0.00934. The molecule has 0 fully saturated rings. The normalized spacial score (nSPS) is 10.6. The predicted molar refractivity (Wildman–Crippen MR) is 49.6 cm³/mol. The van der Waals surface area contributed by atoms with Crippen LogP contribution in [0.3, 0.4) is 0 Å². The van der Waals surface area contributed by atoms with E-state index in [9.17, 15) is 13.2 Å². The van der Waals surface area contributed by atoms with Crippen LogP contribution in [0.5, 0.6) is 0 Å². The largest absolute Gasteiger partial charge is 0.381 e. The van der Waals surface area contributed by atoms with Crippen LogP contribution >= 0.6 is 11.7 Å². The zero-order valence-electron chi connectivity index (χ0n) is 7.17. The summed E-state index contributed by atoms with van der Waals surface area (Å²) in [6.45, 7) is 0. The molecule has 0 saturated carbocycles. The summed E-state index contributed by atoms with van der Waals surface area (Å²) in [5.41, 5.74) is 5.21. The number of hydrogen-bond donors (Lipinski definition) is 1. The van der Waals surface area contributed by atoms with Crippen LogP contribution < -0.4 is 5.73 Å². The fraction of sp³-hybridized carbons (Fsp3) is 0. The molecule has 1 heterocycles. The summed E-state index contributed by atoms with van der Waals surface area (Å²) < 4.78 is 46.0. The van der Waals surface area contributed by atoms with Crippen LogP contribution in [0.1, 0.15) is 0 Å². The van der Waals surface area contributed by atoms with Gasteiger partial charge in [-0.3, -0.25) is 0 Å². The Balaban J connectivity index is 2.64. The second-order valence-electron chi connectivity index (χ2n) is 2.74. The van der Waals surface area contributed by atoms with Crippen LogP contribution in [0, 0.1) is 17.5 Å². The first-order valence-electron chi connectivity index (χ1n) is 3.82. The fourth-order valence-electron chi connectivity index (χ4n) is 1.09. The molecule has 2 rings (SSSR count). The van der Waals surface area contributed by atoms with Crippen molar-refractivity contribution in [2.75, 3.05) is 5.73 Å². The van der Waals surface area contributed by atoms with E-state index in [1.165, 1.54) is 0 Å². The molecular weight excluding hydrogens is 227 g/mol. The van der Waals surface area contributed by atoms with Gasteiger partial charge < -0.3 is 5.73 Å². The first-order chi connectivity index (χ1) is 7.09. The average Bonchev–Trinajstić information content (AvgIpc) is 2.58. The van der Waals surface area contributed by atoms with Gasteiger partial charge in [0.1, 0.15) is 11.5 Å². The van der Waals surface area contributed by atoms with E-state index >= 15 is 0 Å². The number of hydrogen-bond acceptors (Lipinski definition) is 4. The lowest BCUT2D eigenvalue weighted by molar-refractivity contribution is 0.496. The second kappa shape index (κ2) is 3.50. The Morgan fingerprint density at radius 1 is 1.00 bits per heavy atom. The third-order valence-electron chi connectivity index (χ3n) is 1.78. The van der Waals surface area contributed by atoms with E-state index < -0.39 is 17.5 Å². The number of anilines is 1. The minimum Gasteiger partial charge on any atom is -0.381 e. The summed E-state index contributed by atoms with van der Waals surface area (Å²) in [6.07, 6.45) is 0. The highest BCUT2D eigenvalue weighted by Crippen LogP contribution is 2.27. The smallest absolute Gasteiger partial charge is 0.165 e. The Morgan fingerprint density at radius 2 is 1.67 bits per heavy atom. The van der Waals surface area contributed by atoms with Crippen LogP contribution in [0.25, 0.3) is 11.3 Å². The van der Waals surface area contributed by atoms with Crippen molar-refractivity contribution in [1.82, 2.24) is 8.75 Å². The molecule has 1 aromatic carbocycles. The molecule has 7 heteroatoms. The molecule has 0 aliphatic rings. The highest BCUT2D eigenvalue weighted by molar-refractivity contribution is 6.99. The summed E-state index contributed by atoms with van der Waals surface area (Å²) in [4.78, 5) is 0. The first kappa shape index (κ1) is 9.91. The van der Waals surface area contributed by atoms with Crippen molar-refractivity contribution in [2.24, 2.45) is 0 Å². The maximum Gasteiger partial charge on any atom is 0.165 e. The maximum atomic E-state index is 13.2. The molecule has 0 aliphatic carbocycles. The Hall–Kier alpha value is -1.63. The third-order valence-corrected chi connectivity index (χ3v) is 2.32. The van der Waals surface area contributed by atoms with Gasteiger partial charge in [0.25, 0.3) is 0 Å². The summed E-state index contributed by atoms with van der Waals surface area (Å²) in [7, 11) is 0. The van der Waals surface area contributed by atoms with Gasteiger partial charge >= 0.3 is 0 Å². The Bertz CT molecular complexity index is 512. The molecule has 0 atom stereocenters. The van der Waals surface area contributed by atoms with Crippen LogP contribution in [0.15, 0.2) is 12.1 Å². The molecule has 0 unspecified atom stereocenters. The summed E-state index contributed by atoms with van der Waals surface area (Å²) in [6, 6.07) is 1.15. The zero-order valence-corrected chi connectivity index (χ0v) is 7.99. The summed E-state index contributed by atoms with van der Waals surface area (Å²) >= 11 is 0.772. The van der Waals surface area contributed by atoms with Crippen molar-refractivity contribution < 1.29 is 13.2 Å². The van der Waals surface area contributed by atoms with Gasteiger partial charge in [0.15, 0.2) is 17.5 Å². The number of benzene rings is 1. The van der Waals surface area contributed by atoms with Crippen molar-refractivity contribution in [1.29, 1.82) is 0 Å². The molecule has 3 nitrogen and oxygen atoms in total. The molecule has 1 aromatic heterocycles. The molecule has 0 aliphatic heterocycles. The Kier molecular flexibility index (Phi) is 2.31. The van der Waals surface area contributed by atoms with Crippen molar-refractivity contribution in [3.05, 3.63) is 29.6 Å². The van der Waals surface area contributed by atoms with Gasteiger partial charge in [-0.1, -0.05) is 0 Å². The molecule has 0 amide bonds. The highest BCUT2D eigenvalue weighted by Gasteiger charge is 2.16. The number of nitrogens with zero attached hydrogens (tertiary/aromatic N) is 2. The first-order valence-corrected chi connectivity index (χ1v) is 4.55. The van der Waals surface area contributed by atoms with Gasteiger partial charge in [-0.2, -0.15) is 8.75 Å². The molecule has 0 saturated heterocycles. The van der Waals surface area contributed by atoms with E-state index in [1.807, 2.05) is 0 Å². The van der Waals surface area contributed by atoms with E-state index in [1.54, 1.807) is 0 Å². The van der Waals surface area contributed by atoms with Gasteiger partial charge in [0.2, 0.25) is 0 Å². The van der Waals surface area contributed by atoms with Gasteiger partial charge in [0, 0.05) is 11.6 Å². The Labute approximate surface area is 86.7 Å². The van der Waals surface area contributed by atoms with Crippen molar-refractivity contribution in [3.8, 4) is 11.3 Å². The van der Waals surface area contributed by atoms with E-state index in [0.29, 0.717) is 12.1 Å². The van der Waals surface area contributed by atoms with Gasteiger partial charge in [-0.25, -0.2) is 13.2 Å². The van der Waals surface area contributed by atoms with Crippen LogP contribution in [-0.2, 0) is 0 Å². The van der Waals surface area contributed by atoms with Crippen LogP contribution in [-0.4, -0.2) is 8.75 Å². The number of halogens is 3. The molecule has 15 heavy (non-hydrogen) atoms. The van der Waals surface area contributed by atoms with E-state index in [-0.39, 0.29) is 17.1 Å². The number of nitrogen functional groups attached to an aromatic ring is 1. The number of rotatable bonds is 1. The van der Waals surface area contributed by atoms with Crippen LogP contribution in [0.4, 0.5) is 19.0 Å². The molecule has 0 bridgehead atoms. The number of aromatic nitrogens is 2. The quantitative estimate of drug-likeness (QED) is 0.765. The Morgan fingerprint density at radius 3 is 2.27 bits per heavy atom. The minimum atomic E-state index is -1.25. The standard InChI is InChI=1S/C8H4F3N3S/c9-4-2-6(11)5(10)1-3(4)7-8(12)14-15-13-7/h1-2H,(H2,12,14). The molecule has 2 aromatic rings. The number of nitrogens with two attached hydrogens (primary N) is 1. The van der Waals surface area contributed by atoms with E-state index in [4.69, 9.17) is 5.73 Å². The van der Waals surface area contributed by atoms with Gasteiger partial charge in [-0.15, -0.1) is 0 Å². The monoisotopic (exact) mass is 231 g/mol. The van der Waals surface area contributed by atoms with E-state index in [2.05, 4.69) is 8.75 Å². The summed E-state index contributed by atoms with van der Waals surface area (Å²) in [5.74, 6) is -3.34. The molecule has 0 radical (unpaired) electrons. The van der Waals surface area contributed by atoms with Gasteiger partial charge in [0.05, 0.1) is 11.7 Å². The molecule has 78 valence electrons. The second-order valence-corrected chi connectivity index (χ2v) is 3.27. The lowest BCUT2D eigenvalue weighted by Gasteiger charge is -2.01. The summed E-state index contributed by atoms with van der Waals surface area (Å²) in [5, 5.41) is 0. The maximum absolute atomic E-state index is 13.2. The third kappa shape index (κ3) is 1.65. The van der Waals surface area contributed by atoms with Crippen molar-refractivity contribution >= 4 is 17.5 Å². The predicted octanol–water partition coefficient (Wildman–Crippen LogP) is 2.20. The average molecular weight is 231 g/mol. The van der Waals surface area contributed by atoms with Crippen molar-refractivity contribution in [3.63, 3.8) is 0 Å². The lowest BCUT2D eigenvalue weighted by Crippen LogP contribution is -1.94. The highest BCUT2D eigenvalue weighted by atomic mass is 32.1. The van der Waals surface area contributed by atoms with Gasteiger partial charge in [-0.05, 0) is 6.07 Å². The van der Waals surface area contributed by atoms with Crippen LogP contribution in [0.2, 0.25) is 0 Å². The topological polar surface area (TPSA) is 51.8 Å². The van der Waals surface area contributed by atoms with E-state index in [0.717, 1.165) is 11.7 Å². The lowest BCUT2D eigenvalue weighted by atomic mass is 10.1.